The maximum Gasteiger partial charge on any atom is 0.0991 e. The van der Waals surface area contributed by atoms with Gasteiger partial charge in [0.2, 0.25) is 0 Å². The van der Waals surface area contributed by atoms with Crippen LogP contribution in [0.25, 0.3) is 0 Å². The predicted molar refractivity (Wildman–Crippen MR) is 69.5 cm³/mol. The second kappa shape index (κ2) is 5.39. The highest BCUT2D eigenvalue weighted by molar-refractivity contribution is 7.99. The lowest BCUT2D eigenvalue weighted by Crippen LogP contribution is -2.06. The molecular weight excluding hydrogens is 230 g/mol. The molecule has 2 aromatic rings. The molecule has 0 aliphatic carbocycles. The molecule has 0 aromatic heterocycles. The van der Waals surface area contributed by atoms with Gasteiger partial charge in [-0.2, -0.15) is 5.26 Å². The van der Waals surface area contributed by atoms with Crippen LogP contribution in [0.5, 0.6) is 0 Å². The Labute approximate surface area is 104 Å². The lowest BCUT2D eigenvalue weighted by molar-refractivity contribution is 1.32. The van der Waals surface area contributed by atoms with Crippen molar-refractivity contribution < 1.29 is 0 Å². The van der Waals surface area contributed by atoms with E-state index in [1.165, 1.54) is 0 Å². The Hall–Kier alpha value is -1.96. The fourth-order valence-corrected chi connectivity index (χ4v) is 2.26. The van der Waals surface area contributed by atoms with Crippen molar-refractivity contribution in [1.29, 1.82) is 5.26 Å². The van der Waals surface area contributed by atoms with E-state index < -0.39 is 0 Å². The molecule has 84 valence electrons. The number of rotatable bonds is 3. The first-order valence-electron chi connectivity index (χ1n) is 5.06. The summed E-state index contributed by atoms with van der Waals surface area (Å²) in [6.45, 7) is 0. The van der Waals surface area contributed by atoms with Crippen LogP contribution in [0.1, 0.15) is 5.56 Å². The molecule has 0 spiro atoms. The van der Waals surface area contributed by atoms with E-state index in [1.807, 2.05) is 48.5 Å². The van der Waals surface area contributed by atoms with Gasteiger partial charge < -0.3 is 5.43 Å². The van der Waals surface area contributed by atoms with Crippen LogP contribution in [-0.4, -0.2) is 0 Å². The molecule has 0 aliphatic rings. The maximum atomic E-state index is 8.71. The molecule has 0 radical (unpaired) electrons. The van der Waals surface area contributed by atoms with Crippen LogP contribution in [0.3, 0.4) is 0 Å². The van der Waals surface area contributed by atoms with Gasteiger partial charge in [0.1, 0.15) is 0 Å². The van der Waals surface area contributed by atoms with Crippen molar-refractivity contribution in [3.8, 4) is 6.07 Å². The number of nitrogen functional groups attached to an aromatic ring is 1. The van der Waals surface area contributed by atoms with Crippen LogP contribution in [0.2, 0.25) is 0 Å². The van der Waals surface area contributed by atoms with E-state index in [1.54, 1.807) is 11.8 Å². The van der Waals surface area contributed by atoms with Crippen LogP contribution in [0, 0.1) is 11.3 Å². The number of benzene rings is 2. The Kier molecular flexibility index (Phi) is 3.66. The first kappa shape index (κ1) is 11.5. The summed E-state index contributed by atoms with van der Waals surface area (Å²) in [6, 6.07) is 17.4. The molecule has 3 nitrogen and oxygen atoms in total. The molecule has 0 saturated carbocycles. The summed E-state index contributed by atoms with van der Waals surface area (Å²) >= 11 is 1.63. The Balaban J connectivity index is 2.16. The number of nitrogens with one attached hydrogen (secondary N) is 1. The number of nitrogens with zero attached hydrogens (tertiary/aromatic N) is 1. The van der Waals surface area contributed by atoms with Crippen molar-refractivity contribution in [2.75, 3.05) is 5.43 Å². The number of hydrogen-bond acceptors (Lipinski definition) is 4. The summed E-state index contributed by atoms with van der Waals surface area (Å²) < 4.78 is 0. The molecule has 4 heteroatoms. The minimum Gasteiger partial charge on any atom is -0.324 e. The molecule has 0 amide bonds. The van der Waals surface area contributed by atoms with Crippen LogP contribution >= 0.6 is 11.8 Å². The third-order valence-corrected chi connectivity index (χ3v) is 3.22. The minimum atomic E-state index is 0.673. The first-order chi connectivity index (χ1) is 8.31. The van der Waals surface area contributed by atoms with Crippen LogP contribution in [-0.2, 0) is 0 Å². The smallest absolute Gasteiger partial charge is 0.0991 e. The largest absolute Gasteiger partial charge is 0.324 e. The fourth-order valence-electron chi connectivity index (χ4n) is 1.38. The third-order valence-electron chi connectivity index (χ3n) is 2.22. The number of nitriles is 1. The van der Waals surface area contributed by atoms with Gasteiger partial charge in [0.25, 0.3) is 0 Å². The second-order valence-electron chi connectivity index (χ2n) is 3.41. The lowest BCUT2D eigenvalue weighted by atomic mass is 10.2. The van der Waals surface area contributed by atoms with Gasteiger partial charge in [-0.3, -0.25) is 5.84 Å². The molecule has 17 heavy (non-hydrogen) atoms. The van der Waals surface area contributed by atoms with Crippen LogP contribution in [0.4, 0.5) is 5.69 Å². The molecule has 0 aliphatic heterocycles. The third kappa shape index (κ3) is 3.00. The van der Waals surface area contributed by atoms with Gasteiger partial charge in [-0.05, 0) is 42.5 Å². The molecule has 0 heterocycles. The van der Waals surface area contributed by atoms with Gasteiger partial charge in [-0.1, -0.05) is 17.8 Å². The SMILES string of the molecule is N#Cc1ccc(Sc2cccc(NN)c2)cc1. The van der Waals surface area contributed by atoms with Gasteiger partial charge in [0.15, 0.2) is 0 Å². The monoisotopic (exact) mass is 241 g/mol. The van der Waals surface area contributed by atoms with Crippen molar-refractivity contribution in [3.05, 3.63) is 54.1 Å². The number of hydrazine groups is 1. The average Bonchev–Trinajstić information content (AvgIpc) is 2.40. The standard InChI is InChI=1S/C13H11N3S/c14-9-10-4-6-12(7-5-10)17-13-3-1-2-11(8-13)16-15/h1-8,16H,15H2. The second-order valence-corrected chi connectivity index (χ2v) is 4.56. The van der Waals surface area contributed by atoms with E-state index in [0.29, 0.717) is 5.56 Å². The van der Waals surface area contributed by atoms with E-state index in [0.717, 1.165) is 15.5 Å². The van der Waals surface area contributed by atoms with Crippen molar-refractivity contribution in [2.45, 2.75) is 9.79 Å². The highest BCUT2D eigenvalue weighted by Gasteiger charge is 1.98. The quantitative estimate of drug-likeness (QED) is 0.640. The summed E-state index contributed by atoms with van der Waals surface area (Å²) in [6.07, 6.45) is 0. The Morgan fingerprint density at radius 3 is 2.47 bits per heavy atom. The van der Waals surface area contributed by atoms with Crippen molar-refractivity contribution in [2.24, 2.45) is 5.84 Å². The van der Waals surface area contributed by atoms with Crippen molar-refractivity contribution in [3.63, 3.8) is 0 Å². The molecule has 0 bridgehead atoms. The summed E-state index contributed by atoms with van der Waals surface area (Å²) in [4.78, 5) is 2.20. The molecule has 0 fully saturated rings. The molecule has 2 aromatic carbocycles. The summed E-state index contributed by atoms with van der Waals surface area (Å²) in [5.74, 6) is 5.35. The Morgan fingerprint density at radius 2 is 1.82 bits per heavy atom. The van der Waals surface area contributed by atoms with Gasteiger partial charge >= 0.3 is 0 Å². The maximum absolute atomic E-state index is 8.71. The van der Waals surface area contributed by atoms with E-state index >= 15 is 0 Å². The van der Waals surface area contributed by atoms with E-state index in [-0.39, 0.29) is 0 Å². The number of hydrogen-bond donors (Lipinski definition) is 2. The highest BCUT2D eigenvalue weighted by atomic mass is 32.2. The molecule has 0 unspecified atom stereocenters. The van der Waals surface area contributed by atoms with Gasteiger partial charge in [-0.25, -0.2) is 0 Å². The van der Waals surface area contributed by atoms with E-state index in [2.05, 4.69) is 11.5 Å². The van der Waals surface area contributed by atoms with Gasteiger partial charge in [0.05, 0.1) is 11.6 Å². The van der Waals surface area contributed by atoms with Crippen molar-refractivity contribution >= 4 is 17.4 Å². The molecule has 3 N–H and O–H groups in total. The van der Waals surface area contributed by atoms with Gasteiger partial charge in [-0.15, -0.1) is 0 Å². The highest BCUT2D eigenvalue weighted by Crippen LogP contribution is 2.29. The molecule has 0 saturated heterocycles. The van der Waals surface area contributed by atoms with Crippen LogP contribution < -0.4 is 11.3 Å². The number of nitrogens with two attached hydrogens (primary N) is 1. The van der Waals surface area contributed by atoms with E-state index in [4.69, 9.17) is 11.1 Å². The summed E-state index contributed by atoms with van der Waals surface area (Å²) in [5, 5.41) is 8.71. The zero-order valence-corrected chi connectivity index (χ0v) is 9.87. The Morgan fingerprint density at radius 1 is 1.06 bits per heavy atom. The fraction of sp³-hybridized carbons (Fsp3) is 0. The van der Waals surface area contributed by atoms with E-state index in [9.17, 15) is 0 Å². The molecule has 0 atom stereocenters. The number of anilines is 1. The molecular formula is C13H11N3S. The molecule has 2 rings (SSSR count). The van der Waals surface area contributed by atoms with Crippen molar-refractivity contribution in [1.82, 2.24) is 0 Å². The topological polar surface area (TPSA) is 61.8 Å². The van der Waals surface area contributed by atoms with Gasteiger partial charge in [0, 0.05) is 15.5 Å². The summed E-state index contributed by atoms with van der Waals surface area (Å²) in [7, 11) is 0. The zero-order valence-electron chi connectivity index (χ0n) is 9.05. The normalized spacial score (nSPS) is 9.65. The summed E-state index contributed by atoms with van der Waals surface area (Å²) in [5.41, 5.74) is 4.17. The first-order valence-corrected chi connectivity index (χ1v) is 5.88. The zero-order chi connectivity index (χ0) is 12.1. The van der Waals surface area contributed by atoms with Crippen LogP contribution in [0.15, 0.2) is 58.3 Å². The Bertz CT molecular complexity index is 543. The average molecular weight is 241 g/mol. The predicted octanol–water partition coefficient (Wildman–Crippen LogP) is 3.00. The minimum absolute atomic E-state index is 0.673. The lowest BCUT2D eigenvalue weighted by Gasteiger charge is -2.04.